The zero-order chi connectivity index (χ0) is 14.8. The highest BCUT2D eigenvalue weighted by Gasteiger charge is 2.11. The zero-order valence-corrected chi connectivity index (χ0v) is 12.9. The van der Waals surface area contributed by atoms with E-state index in [9.17, 15) is 4.79 Å². The van der Waals surface area contributed by atoms with E-state index in [0.29, 0.717) is 0 Å². The first kappa shape index (κ1) is 14.0. The third kappa shape index (κ3) is 3.03. The monoisotopic (exact) mass is 319 g/mol. The first-order valence-electron chi connectivity index (χ1n) is 6.45. The lowest BCUT2D eigenvalue weighted by molar-refractivity contribution is -0.136. The second-order valence-electron chi connectivity index (χ2n) is 4.46. The van der Waals surface area contributed by atoms with Crippen LogP contribution in [0.1, 0.15) is 11.8 Å². The van der Waals surface area contributed by atoms with Gasteiger partial charge in [-0.2, -0.15) is 5.10 Å². The number of aromatic nitrogens is 3. The standard InChI is InChI=1S/C14H13N3O2S2/c1-2-17-7-9(6-15-17)14-16-11(8-20-14)12-4-3-10(21-12)5-13(18)19/h3-4,6-8H,2,5H2,1H3,(H,18,19). The van der Waals surface area contributed by atoms with Crippen molar-refractivity contribution < 1.29 is 9.90 Å². The summed E-state index contributed by atoms with van der Waals surface area (Å²) < 4.78 is 1.87. The van der Waals surface area contributed by atoms with Crippen molar-refractivity contribution in [3.8, 4) is 21.1 Å². The van der Waals surface area contributed by atoms with E-state index in [-0.39, 0.29) is 6.42 Å². The average Bonchev–Trinajstić information content (AvgIpc) is 3.17. The number of carbonyl (C=O) groups is 1. The van der Waals surface area contributed by atoms with E-state index in [2.05, 4.69) is 10.1 Å². The summed E-state index contributed by atoms with van der Waals surface area (Å²) in [6.07, 6.45) is 3.86. The maximum Gasteiger partial charge on any atom is 0.308 e. The fraction of sp³-hybridized carbons (Fsp3) is 0.214. The Balaban J connectivity index is 1.84. The molecule has 0 saturated heterocycles. The topological polar surface area (TPSA) is 68.0 Å². The number of carboxylic acids is 1. The number of carboxylic acid groups (broad SMARTS) is 1. The molecule has 0 aliphatic rings. The first-order valence-corrected chi connectivity index (χ1v) is 8.14. The molecule has 0 amide bonds. The van der Waals surface area contributed by atoms with Gasteiger partial charge >= 0.3 is 5.97 Å². The van der Waals surface area contributed by atoms with Crippen LogP contribution in [0, 0.1) is 0 Å². The van der Waals surface area contributed by atoms with Crippen molar-refractivity contribution in [2.45, 2.75) is 19.9 Å². The van der Waals surface area contributed by atoms with E-state index < -0.39 is 5.97 Å². The summed E-state index contributed by atoms with van der Waals surface area (Å²) >= 11 is 3.05. The molecule has 5 nitrogen and oxygen atoms in total. The number of hydrogen-bond donors (Lipinski definition) is 1. The molecule has 0 fully saturated rings. The number of aryl methyl sites for hydroxylation is 1. The quantitative estimate of drug-likeness (QED) is 0.783. The third-order valence-electron chi connectivity index (χ3n) is 2.95. The number of hydrogen-bond acceptors (Lipinski definition) is 5. The van der Waals surface area contributed by atoms with Gasteiger partial charge in [0, 0.05) is 28.6 Å². The third-order valence-corrected chi connectivity index (χ3v) is 4.95. The number of aliphatic carboxylic acids is 1. The highest BCUT2D eigenvalue weighted by atomic mass is 32.1. The van der Waals surface area contributed by atoms with Gasteiger partial charge in [0.1, 0.15) is 5.01 Å². The van der Waals surface area contributed by atoms with Crippen molar-refractivity contribution in [2.24, 2.45) is 0 Å². The summed E-state index contributed by atoms with van der Waals surface area (Å²) in [5.41, 5.74) is 1.90. The summed E-state index contributed by atoms with van der Waals surface area (Å²) in [5, 5.41) is 16.0. The molecule has 3 heterocycles. The van der Waals surface area contributed by atoms with Gasteiger partial charge in [-0.3, -0.25) is 9.48 Å². The van der Waals surface area contributed by atoms with Crippen LogP contribution in [-0.4, -0.2) is 25.8 Å². The van der Waals surface area contributed by atoms with E-state index in [0.717, 1.165) is 32.6 Å². The summed E-state index contributed by atoms with van der Waals surface area (Å²) in [4.78, 5) is 17.2. The van der Waals surface area contributed by atoms with E-state index in [1.165, 1.54) is 11.3 Å². The van der Waals surface area contributed by atoms with Crippen molar-refractivity contribution >= 4 is 28.6 Å². The van der Waals surface area contributed by atoms with Crippen molar-refractivity contribution in [1.82, 2.24) is 14.8 Å². The summed E-state index contributed by atoms with van der Waals surface area (Å²) in [7, 11) is 0. The molecule has 7 heteroatoms. The Labute approximate surface area is 129 Å². The fourth-order valence-electron chi connectivity index (χ4n) is 1.93. The smallest absolute Gasteiger partial charge is 0.308 e. The van der Waals surface area contributed by atoms with Gasteiger partial charge in [-0.25, -0.2) is 4.98 Å². The molecule has 0 atom stereocenters. The number of rotatable bonds is 5. The molecule has 0 aliphatic carbocycles. The molecule has 108 valence electrons. The molecule has 1 N–H and O–H groups in total. The maximum absolute atomic E-state index is 10.7. The lowest BCUT2D eigenvalue weighted by atomic mass is 10.3. The van der Waals surface area contributed by atoms with E-state index >= 15 is 0 Å². The van der Waals surface area contributed by atoms with Crippen LogP contribution in [0.2, 0.25) is 0 Å². The van der Waals surface area contributed by atoms with Crippen LogP contribution in [-0.2, 0) is 17.8 Å². The molecule has 0 aromatic carbocycles. The van der Waals surface area contributed by atoms with E-state index in [1.807, 2.05) is 41.5 Å². The van der Waals surface area contributed by atoms with Gasteiger partial charge < -0.3 is 5.11 Å². The molecule has 3 aromatic heterocycles. The molecule has 3 rings (SSSR count). The Bertz CT molecular complexity index is 773. The van der Waals surface area contributed by atoms with Crippen molar-refractivity contribution in [3.63, 3.8) is 0 Å². The lowest BCUT2D eigenvalue weighted by Crippen LogP contribution is -1.96. The Kier molecular flexibility index (Phi) is 3.85. The van der Waals surface area contributed by atoms with Crippen molar-refractivity contribution in [2.75, 3.05) is 0 Å². The molecule has 0 bridgehead atoms. The van der Waals surface area contributed by atoms with Crippen LogP contribution in [0.4, 0.5) is 0 Å². The second-order valence-corrected chi connectivity index (χ2v) is 6.49. The minimum absolute atomic E-state index is 0.0604. The predicted octanol–water partition coefficient (Wildman–Crippen LogP) is 3.38. The van der Waals surface area contributed by atoms with Gasteiger partial charge in [-0.1, -0.05) is 0 Å². The molecular formula is C14H13N3O2S2. The van der Waals surface area contributed by atoms with Gasteiger partial charge in [0.15, 0.2) is 0 Å². The Morgan fingerprint density at radius 3 is 3.00 bits per heavy atom. The molecule has 0 radical (unpaired) electrons. The molecular weight excluding hydrogens is 306 g/mol. The summed E-state index contributed by atoms with van der Waals surface area (Å²) in [5.74, 6) is -0.811. The maximum atomic E-state index is 10.7. The van der Waals surface area contributed by atoms with Gasteiger partial charge in [-0.05, 0) is 19.1 Å². The molecule has 0 aliphatic heterocycles. The van der Waals surface area contributed by atoms with Crippen LogP contribution in [0.3, 0.4) is 0 Å². The van der Waals surface area contributed by atoms with Crippen molar-refractivity contribution in [1.29, 1.82) is 0 Å². The second kappa shape index (κ2) is 5.79. The zero-order valence-electron chi connectivity index (χ0n) is 11.3. The average molecular weight is 319 g/mol. The lowest BCUT2D eigenvalue weighted by Gasteiger charge is -1.91. The normalized spacial score (nSPS) is 10.9. The minimum Gasteiger partial charge on any atom is -0.481 e. The van der Waals surface area contributed by atoms with Gasteiger partial charge in [0.25, 0.3) is 0 Å². The number of thiazole rings is 1. The molecule has 0 saturated carbocycles. The van der Waals surface area contributed by atoms with Crippen LogP contribution < -0.4 is 0 Å². The molecule has 3 aromatic rings. The summed E-state index contributed by atoms with van der Waals surface area (Å²) in [6.45, 7) is 2.88. The van der Waals surface area contributed by atoms with Crippen LogP contribution in [0.5, 0.6) is 0 Å². The van der Waals surface area contributed by atoms with Crippen LogP contribution in [0.15, 0.2) is 29.9 Å². The fourth-order valence-corrected chi connectivity index (χ4v) is 3.76. The number of thiophene rings is 1. The Morgan fingerprint density at radius 1 is 1.43 bits per heavy atom. The molecule has 0 spiro atoms. The number of nitrogens with zero attached hydrogens (tertiary/aromatic N) is 3. The van der Waals surface area contributed by atoms with Gasteiger partial charge in [-0.15, -0.1) is 22.7 Å². The molecule has 0 unspecified atom stereocenters. The van der Waals surface area contributed by atoms with Crippen LogP contribution >= 0.6 is 22.7 Å². The largest absolute Gasteiger partial charge is 0.481 e. The molecule has 21 heavy (non-hydrogen) atoms. The van der Waals surface area contributed by atoms with E-state index in [4.69, 9.17) is 5.11 Å². The highest BCUT2D eigenvalue weighted by molar-refractivity contribution is 7.16. The minimum atomic E-state index is -0.811. The summed E-state index contributed by atoms with van der Waals surface area (Å²) in [6, 6.07) is 3.78. The Hall–Kier alpha value is -1.99. The highest BCUT2D eigenvalue weighted by Crippen LogP contribution is 2.32. The first-order chi connectivity index (χ1) is 10.2. The van der Waals surface area contributed by atoms with Gasteiger partial charge in [0.2, 0.25) is 0 Å². The van der Waals surface area contributed by atoms with Crippen molar-refractivity contribution in [3.05, 3.63) is 34.8 Å². The SMILES string of the molecule is CCn1cc(-c2nc(-c3ccc(CC(=O)O)s3)cs2)cn1. The van der Waals surface area contributed by atoms with Crippen LogP contribution in [0.25, 0.3) is 21.1 Å². The Morgan fingerprint density at radius 2 is 2.29 bits per heavy atom. The van der Waals surface area contributed by atoms with Gasteiger partial charge in [0.05, 0.1) is 23.2 Å². The van der Waals surface area contributed by atoms with E-state index in [1.54, 1.807) is 11.3 Å². The predicted molar refractivity (Wildman–Crippen MR) is 83.7 cm³/mol.